The van der Waals surface area contributed by atoms with Gasteiger partial charge in [0.05, 0.1) is 13.2 Å². The number of aromatic nitrogens is 2. The van der Waals surface area contributed by atoms with E-state index in [1.54, 1.807) is 23.1 Å². The summed E-state index contributed by atoms with van der Waals surface area (Å²) < 4.78 is 6.42. The van der Waals surface area contributed by atoms with Gasteiger partial charge in [-0.05, 0) is 24.0 Å². The first kappa shape index (κ1) is 18.6. The minimum atomic E-state index is 0.855. The average Bonchev–Trinajstić information content (AvgIpc) is 3.10. The van der Waals surface area contributed by atoms with Gasteiger partial charge >= 0.3 is 0 Å². The zero-order chi connectivity index (χ0) is 17.5. The molecule has 0 atom stereocenters. The molecule has 0 aliphatic carbocycles. The third-order valence-electron chi connectivity index (χ3n) is 4.37. The molecule has 0 spiro atoms. The van der Waals surface area contributed by atoms with Crippen molar-refractivity contribution in [2.45, 2.75) is 31.0 Å². The van der Waals surface area contributed by atoms with Crippen molar-refractivity contribution in [3.05, 3.63) is 29.3 Å². The Bertz CT molecular complexity index is 649. The lowest BCUT2D eigenvalue weighted by atomic mass is 10.0. The molecule has 0 bridgehead atoms. The van der Waals surface area contributed by atoms with E-state index in [4.69, 9.17) is 4.74 Å². The highest BCUT2D eigenvalue weighted by atomic mass is 32.2. The van der Waals surface area contributed by atoms with Crippen molar-refractivity contribution in [2.75, 3.05) is 43.9 Å². The Balaban J connectivity index is 1.56. The van der Waals surface area contributed by atoms with Crippen LogP contribution in [0.5, 0.6) is 0 Å². The molecule has 1 saturated heterocycles. The van der Waals surface area contributed by atoms with Gasteiger partial charge in [0.15, 0.2) is 4.34 Å². The number of nitrogens with zero attached hydrogens (tertiary/aromatic N) is 3. The second-order valence-corrected chi connectivity index (χ2v) is 8.28. The molecular formula is C18H26N4OS2. The fraction of sp³-hybridized carbons (Fsp3) is 0.556. The molecule has 0 unspecified atom stereocenters. The topological polar surface area (TPSA) is 50.3 Å². The predicted molar refractivity (Wildman–Crippen MR) is 106 cm³/mol. The lowest BCUT2D eigenvalue weighted by molar-refractivity contribution is 0.0410. The van der Waals surface area contributed by atoms with Crippen LogP contribution in [0.3, 0.4) is 0 Å². The number of anilines is 2. The number of ether oxygens (including phenoxy) is 1. The Kier molecular flexibility index (Phi) is 7.10. The Hall–Kier alpha value is -1.15. The van der Waals surface area contributed by atoms with Gasteiger partial charge in [-0.3, -0.25) is 4.90 Å². The van der Waals surface area contributed by atoms with Crippen molar-refractivity contribution in [1.82, 2.24) is 15.1 Å². The lowest BCUT2D eigenvalue weighted by Crippen LogP contribution is -2.37. The van der Waals surface area contributed by atoms with E-state index in [9.17, 15) is 0 Å². The van der Waals surface area contributed by atoms with Crippen LogP contribution in [0.15, 0.2) is 22.5 Å². The summed E-state index contributed by atoms with van der Waals surface area (Å²) in [6, 6.07) is 6.50. The molecule has 25 heavy (non-hydrogen) atoms. The molecule has 1 fully saturated rings. The first-order valence-corrected chi connectivity index (χ1v) is 10.7. The maximum absolute atomic E-state index is 5.38. The van der Waals surface area contributed by atoms with E-state index in [0.717, 1.165) is 60.9 Å². The van der Waals surface area contributed by atoms with E-state index in [0.29, 0.717) is 0 Å². The van der Waals surface area contributed by atoms with Crippen molar-refractivity contribution in [3.63, 3.8) is 0 Å². The van der Waals surface area contributed by atoms with E-state index in [1.807, 2.05) is 0 Å². The summed E-state index contributed by atoms with van der Waals surface area (Å²) in [6.07, 6.45) is 2.02. The zero-order valence-electron chi connectivity index (χ0n) is 15.0. The summed E-state index contributed by atoms with van der Waals surface area (Å²) in [5.41, 5.74) is 3.86. The molecule has 0 radical (unpaired) electrons. The van der Waals surface area contributed by atoms with Crippen LogP contribution in [0.1, 0.15) is 25.0 Å². The molecule has 136 valence electrons. The van der Waals surface area contributed by atoms with Crippen LogP contribution in [0, 0.1) is 0 Å². The zero-order valence-corrected chi connectivity index (χ0v) is 16.6. The van der Waals surface area contributed by atoms with Crippen LogP contribution in [-0.4, -0.2) is 53.7 Å². The smallest absolute Gasteiger partial charge is 0.210 e. The van der Waals surface area contributed by atoms with E-state index in [2.05, 4.69) is 52.5 Å². The van der Waals surface area contributed by atoms with Gasteiger partial charge in [-0.25, -0.2) is 0 Å². The quantitative estimate of drug-likeness (QED) is 0.705. The highest BCUT2D eigenvalue weighted by Gasteiger charge is 2.12. The predicted octanol–water partition coefficient (Wildman–Crippen LogP) is 3.83. The van der Waals surface area contributed by atoms with Crippen molar-refractivity contribution in [1.29, 1.82) is 0 Å². The van der Waals surface area contributed by atoms with Gasteiger partial charge in [0, 0.05) is 31.1 Å². The number of aryl methyl sites for hydroxylation is 2. The molecule has 0 amide bonds. The summed E-state index contributed by atoms with van der Waals surface area (Å²) in [4.78, 5) is 2.45. The molecule has 2 aromatic rings. The first-order chi connectivity index (χ1) is 12.3. The van der Waals surface area contributed by atoms with Crippen LogP contribution in [0.25, 0.3) is 0 Å². The molecule has 1 aliphatic heterocycles. The monoisotopic (exact) mass is 378 g/mol. The Morgan fingerprint density at radius 1 is 1.16 bits per heavy atom. The Labute approximate surface area is 158 Å². The van der Waals surface area contributed by atoms with Gasteiger partial charge in [0.2, 0.25) is 5.13 Å². The minimum Gasteiger partial charge on any atom is -0.379 e. The number of benzene rings is 1. The normalized spacial score (nSPS) is 15.4. The van der Waals surface area contributed by atoms with Crippen molar-refractivity contribution in [2.24, 2.45) is 0 Å². The van der Waals surface area contributed by atoms with Gasteiger partial charge < -0.3 is 10.1 Å². The highest BCUT2D eigenvalue weighted by Crippen LogP contribution is 2.31. The number of morpholine rings is 1. The fourth-order valence-corrected chi connectivity index (χ4v) is 4.74. The minimum absolute atomic E-state index is 0.855. The van der Waals surface area contributed by atoms with Crippen LogP contribution in [0.4, 0.5) is 10.8 Å². The number of rotatable bonds is 8. The summed E-state index contributed by atoms with van der Waals surface area (Å²) in [7, 11) is 0. The molecule has 5 nitrogen and oxygen atoms in total. The number of hydrogen-bond donors (Lipinski definition) is 1. The number of para-hydroxylation sites is 1. The third kappa shape index (κ3) is 5.17. The van der Waals surface area contributed by atoms with Crippen LogP contribution >= 0.6 is 23.1 Å². The largest absolute Gasteiger partial charge is 0.379 e. The Morgan fingerprint density at radius 2 is 1.88 bits per heavy atom. The van der Waals surface area contributed by atoms with E-state index in [-0.39, 0.29) is 0 Å². The fourth-order valence-electron chi connectivity index (χ4n) is 2.92. The van der Waals surface area contributed by atoms with Crippen molar-refractivity contribution >= 4 is 33.9 Å². The molecule has 0 saturated carbocycles. The molecular weight excluding hydrogens is 352 g/mol. The van der Waals surface area contributed by atoms with Gasteiger partial charge in [-0.1, -0.05) is 55.1 Å². The maximum atomic E-state index is 5.38. The summed E-state index contributed by atoms with van der Waals surface area (Å²) in [5.74, 6) is 1.04. The average molecular weight is 379 g/mol. The molecule has 7 heteroatoms. The molecule has 1 N–H and O–H groups in total. The number of hydrogen-bond acceptors (Lipinski definition) is 7. The molecule has 3 rings (SSSR count). The van der Waals surface area contributed by atoms with Gasteiger partial charge in [0.25, 0.3) is 0 Å². The number of thioether (sulfide) groups is 1. The van der Waals surface area contributed by atoms with Crippen molar-refractivity contribution < 1.29 is 4.74 Å². The molecule has 2 heterocycles. The van der Waals surface area contributed by atoms with E-state index >= 15 is 0 Å². The molecule has 1 aliphatic rings. The molecule has 1 aromatic carbocycles. The SMILES string of the molecule is CCc1cccc(CC)c1Nc1nnc(SCCN2CCOCC2)s1. The van der Waals surface area contributed by atoms with Crippen LogP contribution in [-0.2, 0) is 17.6 Å². The van der Waals surface area contributed by atoms with Gasteiger partial charge in [-0.2, -0.15) is 0 Å². The van der Waals surface area contributed by atoms with Gasteiger partial charge in [0.1, 0.15) is 0 Å². The molecule has 1 aromatic heterocycles. The maximum Gasteiger partial charge on any atom is 0.210 e. The van der Waals surface area contributed by atoms with E-state index < -0.39 is 0 Å². The third-order valence-corrected chi connectivity index (χ3v) is 6.33. The Morgan fingerprint density at radius 3 is 2.56 bits per heavy atom. The summed E-state index contributed by atoms with van der Waals surface area (Å²) in [5, 5.41) is 13.0. The summed E-state index contributed by atoms with van der Waals surface area (Å²) in [6.45, 7) is 9.24. The number of nitrogens with one attached hydrogen (secondary N) is 1. The highest BCUT2D eigenvalue weighted by molar-refractivity contribution is 8.01. The standard InChI is InChI=1S/C18H26N4OS2/c1-3-14-6-5-7-15(4-2)16(14)19-17-20-21-18(25-17)24-13-10-22-8-11-23-12-9-22/h5-7H,3-4,8-13H2,1-2H3,(H,19,20). The first-order valence-electron chi connectivity index (χ1n) is 8.94. The van der Waals surface area contributed by atoms with Gasteiger partial charge in [-0.15, -0.1) is 10.2 Å². The second-order valence-electron chi connectivity index (χ2n) is 5.96. The van der Waals surface area contributed by atoms with Crippen LogP contribution < -0.4 is 5.32 Å². The second kappa shape index (κ2) is 9.52. The lowest BCUT2D eigenvalue weighted by Gasteiger charge is -2.25. The van der Waals surface area contributed by atoms with Crippen LogP contribution in [0.2, 0.25) is 0 Å². The van der Waals surface area contributed by atoms with Crippen molar-refractivity contribution in [3.8, 4) is 0 Å². The van der Waals surface area contributed by atoms with E-state index in [1.165, 1.54) is 16.8 Å². The summed E-state index contributed by atoms with van der Waals surface area (Å²) >= 11 is 3.43.